The third-order valence-electron chi connectivity index (χ3n) is 3.00. The molecule has 1 aromatic heterocycles. The van der Waals surface area contributed by atoms with Crippen molar-refractivity contribution in [2.75, 3.05) is 13.1 Å². The van der Waals surface area contributed by atoms with E-state index in [1.165, 1.54) is 0 Å². The van der Waals surface area contributed by atoms with Gasteiger partial charge in [-0.3, -0.25) is 9.69 Å². The average Bonchev–Trinajstić information content (AvgIpc) is 2.75. The maximum atomic E-state index is 11.0. The Hall–Kier alpha value is -1.43. The van der Waals surface area contributed by atoms with Crippen molar-refractivity contribution in [2.24, 2.45) is 5.41 Å². The highest BCUT2D eigenvalue weighted by Crippen LogP contribution is 2.30. The van der Waals surface area contributed by atoms with Gasteiger partial charge in [0.1, 0.15) is 0 Å². The molecular weight excluding hydrogens is 210 g/mol. The summed E-state index contributed by atoms with van der Waals surface area (Å²) in [5, 5.41) is 16.7. The molecular formula is C10H15N3O3. The summed E-state index contributed by atoms with van der Waals surface area (Å²) in [5.74, 6) is 0.346. The van der Waals surface area contributed by atoms with Crippen LogP contribution in [0.4, 0.5) is 0 Å². The summed E-state index contributed by atoms with van der Waals surface area (Å²) in [6, 6.07) is 0. The fraction of sp³-hybridized carbons (Fsp3) is 0.700. The minimum atomic E-state index is -0.739. The molecule has 1 saturated heterocycles. The molecule has 6 heteroatoms. The Bertz CT molecular complexity index is 404. The zero-order valence-corrected chi connectivity index (χ0v) is 9.43. The van der Waals surface area contributed by atoms with Crippen LogP contribution in [0, 0.1) is 12.3 Å². The summed E-state index contributed by atoms with van der Waals surface area (Å²) in [4.78, 5) is 13.1. The lowest BCUT2D eigenvalue weighted by atomic mass is 9.90. The molecule has 1 aromatic rings. The number of nitrogens with zero attached hydrogens (tertiary/aromatic N) is 3. The van der Waals surface area contributed by atoms with Crippen LogP contribution in [-0.2, 0) is 11.3 Å². The van der Waals surface area contributed by atoms with E-state index in [2.05, 4.69) is 10.2 Å². The normalized spacial score (nSPS) is 26.1. The van der Waals surface area contributed by atoms with E-state index in [4.69, 9.17) is 9.52 Å². The number of rotatable bonds is 3. The molecule has 2 rings (SSSR count). The van der Waals surface area contributed by atoms with E-state index in [0.29, 0.717) is 31.3 Å². The summed E-state index contributed by atoms with van der Waals surface area (Å²) in [6.45, 7) is 5.33. The van der Waals surface area contributed by atoms with Gasteiger partial charge in [-0.1, -0.05) is 0 Å². The number of carbonyl (C=O) groups is 1. The molecule has 88 valence electrons. The Morgan fingerprint density at radius 2 is 2.38 bits per heavy atom. The third-order valence-corrected chi connectivity index (χ3v) is 3.00. The van der Waals surface area contributed by atoms with E-state index < -0.39 is 11.4 Å². The summed E-state index contributed by atoms with van der Waals surface area (Å²) in [6.07, 6.45) is 0.662. The lowest BCUT2D eigenvalue weighted by molar-refractivity contribution is -0.147. The second kappa shape index (κ2) is 3.86. The van der Waals surface area contributed by atoms with Crippen LogP contribution in [0.2, 0.25) is 0 Å². The highest BCUT2D eigenvalue weighted by molar-refractivity contribution is 5.74. The van der Waals surface area contributed by atoms with Crippen LogP contribution in [0.1, 0.15) is 25.1 Å². The number of aliphatic carboxylic acids is 1. The zero-order valence-electron chi connectivity index (χ0n) is 9.43. The second-order valence-corrected chi connectivity index (χ2v) is 4.54. The van der Waals surface area contributed by atoms with E-state index in [1.807, 2.05) is 4.90 Å². The molecule has 6 nitrogen and oxygen atoms in total. The van der Waals surface area contributed by atoms with Crippen LogP contribution in [-0.4, -0.2) is 39.3 Å². The first-order valence-corrected chi connectivity index (χ1v) is 5.24. The Kier molecular flexibility index (Phi) is 2.67. The number of likely N-dealkylation sites (tertiary alicyclic amines) is 1. The van der Waals surface area contributed by atoms with Gasteiger partial charge in [-0.15, -0.1) is 10.2 Å². The molecule has 1 N–H and O–H groups in total. The molecule has 0 radical (unpaired) electrons. The third kappa shape index (κ3) is 2.06. The first-order valence-electron chi connectivity index (χ1n) is 5.24. The SMILES string of the molecule is Cc1nnc(CN2CCC(C)(C(=O)O)C2)o1. The van der Waals surface area contributed by atoms with Gasteiger partial charge in [0.05, 0.1) is 12.0 Å². The Morgan fingerprint density at radius 3 is 2.88 bits per heavy atom. The van der Waals surface area contributed by atoms with Crippen LogP contribution in [0.25, 0.3) is 0 Å². The van der Waals surface area contributed by atoms with Crippen molar-refractivity contribution in [3.05, 3.63) is 11.8 Å². The quantitative estimate of drug-likeness (QED) is 0.814. The molecule has 1 unspecified atom stereocenters. The molecule has 0 amide bonds. The van der Waals surface area contributed by atoms with Gasteiger partial charge in [0.2, 0.25) is 11.8 Å². The summed E-state index contributed by atoms with van der Waals surface area (Å²) in [5.41, 5.74) is -0.644. The Balaban J connectivity index is 1.97. The predicted molar refractivity (Wildman–Crippen MR) is 54.7 cm³/mol. The summed E-state index contributed by atoms with van der Waals surface area (Å²) >= 11 is 0. The van der Waals surface area contributed by atoms with E-state index in [9.17, 15) is 4.79 Å². The maximum absolute atomic E-state index is 11.0. The average molecular weight is 225 g/mol. The maximum Gasteiger partial charge on any atom is 0.310 e. The van der Waals surface area contributed by atoms with Crippen molar-refractivity contribution < 1.29 is 14.3 Å². The van der Waals surface area contributed by atoms with E-state index in [-0.39, 0.29) is 0 Å². The molecule has 0 spiro atoms. The highest BCUT2D eigenvalue weighted by atomic mass is 16.4. The molecule has 1 atom stereocenters. The first kappa shape index (κ1) is 11.1. The van der Waals surface area contributed by atoms with Crippen LogP contribution in [0.3, 0.4) is 0 Å². The summed E-state index contributed by atoms with van der Waals surface area (Å²) in [7, 11) is 0. The van der Waals surface area contributed by atoms with Gasteiger partial charge in [-0.2, -0.15) is 0 Å². The van der Waals surface area contributed by atoms with Crippen molar-refractivity contribution >= 4 is 5.97 Å². The smallest absolute Gasteiger partial charge is 0.310 e. The van der Waals surface area contributed by atoms with Crippen molar-refractivity contribution in [3.63, 3.8) is 0 Å². The highest BCUT2D eigenvalue weighted by Gasteiger charge is 2.40. The Labute approximate surface area is 93.3 Å². The number of hydrogen-bond donors (Lipinski definition) is 1. The van der Waals surface area contributed by atoms with Crippen molar-refractivity contribution in [1.82, 2.24) is 15.1 Å². The van der Waals surface area contributed by atoms with Crippen molar-refractivity contribution in [3.8, 4) is 0 Å². The number of aromatic nitrogens is 2. The van der Waals surface area contributed by atoms with Gasteiger partial charge in [0.15, 0.2) is 0 Å². The Morgan fingerprint density at radius 1 is 1.62 bits per heavy atom. The fourth-order valence-corrected chi connectivity index (χ4v) is 1.96. The molecule has 0 saturated carbocycles. The fourth-order valence-electron chi connectivity index (χ4n) is 1.96. The zero-order chi connectivity index (χ0) is 11.8. The van der Waals surface area contributed by atoms with E-state index in [1.54, 1.807) is 13.8 Å². The predicted octanol–water partition coefficient (Wildman–Crippen LogP) is 0.675. The summed E-state index contributed by atoms with van der Waals surface area (Å²) < 4.78 is 5.26. The molecule has 1 aliphatic rings. The molecule has 0 bridgehead atoms. The molecule has 0 aromatic carbocycles. The van der Waals surface area contributed by atoms with Crippen LogP contribution in [0.5, 0.6) is 0 Å². The van der Waals surface area contributed by atoms with Gasteiger partial charge < -0.3 is 9.52 Å². The number of carboxylic acid groups (broad SMARTS) is 1. The number of aryl methyl sites for hydroxylation is 1. The lowest BCUT2D eigenvalue weighted by Crippen LogP contribution is -2.31. The van der Waals surface area contributed by atoms with Crippen LogP contribution >= 0.6 is 0 Å². The van der Waals surface area contributed by atoms with Gasteiger partial charge in [-0.05, 0) is 19.9 Å². The monoisotopic (exact) mass is 225 g/mol. The largest absolute Gasteiger partial charge is 0.481 e. The van der Waals surface area contributed by atoms with Crippen molar-refractivity contribution in [1.29, 1.82) is 0 Å². The minimum Gasteiger partial charge on any atom is -0.481 e. The molecule has 2 heterocycles. The van der Waals surface area contributed by atoms with Crippen LogP contribution in [0.15, 0.2) is 4.42 Å². The van der Waals surface area contributed by atoms with E-state index >= 15 is 0 Å². The molecule has 1 aliphatic heterocycles. The second-order valence-electron chi connectivity index (χ2n) is 4.54. The standard InChI is InChI=1S/C10H15N3O3/c1-7-11-12-8(16-7)5-13-4-3-10(2,6-13)9(14)15/h3-6H2,1-2H3,(H,14,15). The molecule has 16 heavy (non-hydrogen) atoms. The minimum absolute atomic E-state index is 0.531. The van der Waals surface area contributed by atoms with Gasteiger partial charge in [0.25, 0.3) is 0 Å². The van der Waals surface area contributed by atoms with Crippen LogP contribution < -0.4 is 0 Å². The topological polar surface area (TPSA) is 79.5 Å². The van der Waals surface area contributed by atoms with Crippen molar-refractivity contribution in [2.45, 2.75) is 26.8 Å². The first-order chi connectivity index (χ1) is 7.49. The number of carboxylic acids is 1. The van der Waals surface area contributed by atoms with Gasteiger partial charge in [-0.25, -0.2) is 0 Å². The lowest BCUT2D eigenvalue weighted by Gasteiger charge is -2.18. The molecule has 0 aliphatic carbocycles. The van der Waals surface area contributed by atoms with Gasteiger partial charge >= 0.3 is 5.97 Å². The number of hydrogen-bond acceptors (Lipinski definition) is 5. The van der Waals surface area contributed by atoms with Gasteiger partial charge in [0, 0.05) is 13.5 Å². The molecule has 1 fully saturated rings. The van der Waals surface area contributed by atoms with E-state index in [0.717, 1.165) is 6.54 Å².